The van der Waals surface area contributed by atoms with Crippen molar-refractivity contribution in [2.45, 2.75) is 13.0 Å². The molecule has 0 saturated heterocycles. The summed E-state index contributed by atoms with van der Waals surface area (Å²) in [6.45, 7) is 0.430. The molecule has 0 aromatic heterocycles. The summed E-state index contributed by atoms with van der Waals surface area (Å²) in [5.41, 5.74) is 7.66. The lowest BCUT2D eigenvalue weighted by Gasteiger charge is -2.23. The Balaban J connectivity index is 2.28. The van der Waals surface area contributed by atoms with Gasteiger partial charge in [0.2, 0.25) is 0 Å². The molecule has 0 atom stereocenters. The van der Waals surface area contributed by atoms with Gasteiger partial charge in [-0.15, -0.1) is 0 Å². The second-order valence-corrected chi connectivity index (χ2v) is 4.79. The van der Waals surface area contributed by atoms with Gasteiger partial charge in [0.1, 0.15) is 0 Å². The highest BCUT2D eigenvalue weighted by molar-refractivity contribution is 5.60. The second-order valence-electron chi connectivity index (χ2n) is 4.79. The van der Waals surface area contributed by atoms with Crippen molar-refractivity contribution in [1.29, 1.82) is 5.26 Å². The van der Waals surface area contributed by atoms with Crippen LogP contribution in [0.3, 0.4) is 0 Å². The summed E-state index contributed by atoms with van der Waals surface area (Å²) >= 11 is 0. The van der Waals surface area contributed by atoms with Crippen LogP contribution >= 0.6 is 0 Å². The van der Waals surface area contributed by atoms with Crippen LogP contribution in [-0.4, -0.2) is 7.05 Å². The minimum absolute atomic E-state index is 0.0889. The molecule has 0 amide bonds. The van der Waals surface area contributed by atoms with Crippen molar-refractivity contribution < 1.29 is 8.78 Å². The topological polar surface area (TPSA) is 53.0 Å². The van der Waals surface area contributed by atoms with Crippen LogP contribution in [-0.2, 0) is 6.54 Å². The summed E-state index contributed by atoms with van der Waals surface area (Å²) in [5.74, 6) is 0. The molecule has 0 saturated carbocycles. The fourth-order valence-electron chi connectivity index (χ4n) is 2.19. The summed E-state index contributed by atoms with van der Waals surface area (Å²) in [6, 6.07) is 13.6. The number of hydrogen-bond donors (Lipinski definition) is 1. The zero-order valence-corrected chi connectivity index (χ0v) is 11.6. The van der Waals surface area contributed by atoms with Gasteiger partial charge in [-0.3, -0.25) is 0 Å². The maximum atomic E-state index is 13.1. The monoisotopic (exact) mass is 287 g/mol. The maximum Gasteiger partial charge on any atom is 0.265 e. The first-order valence-electron chi connectivity index (χ1n) is 6.39. The average molecular weight is 287 g/mol. The Morgan fingerprint density at radius 1 is 1.24 bits per heavy atom. The summed E-state index contributed by atoms with van der Waals surface area (Å²) in [4.78, 5) is 1.72. The first-order chi connectivity index (χ1) is 10.0. The van der Waals surface area contributed by atoms with Gasteiger partial charge in [0.25, 0.3) is 6.43 Å². The van der Waals surface area contributed by atoms with E-state index in [9.17, 15) is 8.78 Å². The van der Waals surface area contributed by atoms with Gasteiger partial charge in [-0.25, -0.2) is 8.78 Å². The molecule has 0 aliphatic heterocycles. The van der Waals surface area contributed by atoms with E-state index in [0.29, 0.717) is 23.5 Å². The van der Waals surface area contributed by atoms with E-state index in [4.69, 9.17) is 11.0 Å². The van der Waals surface area contributed by atoms with E-state index in [1.54, 1.807) is 42.3 Å². The van der Waals surface area contributed by atoms with Crippen molar-refractivity contribution in [3.05, 3.63) is 59.2 Å². The van der Waals surface area contributed by atoms with E-state index < -0.39 is 6.43 Å². The molecule has 2 aromatic rings. The van der Waals surface area contributed by atoms with Crippen molar-refractivity contribution in [3.63, 3.8) is 0 Å². The molecule has 2 N–H and O–H groups in total. The summed E-state index contributed by atoms with van der Waals surface area (Å²) in [7, 11) is 1.73. The van der Waals surface area contributed by atoms with Crippen LogP contribution in [0.5, 0.6) is 0 Å². The van der Waals surface area contributed by atoms with E-state index in [2.05, 4.69) is 6.07 Å². The number of nitrogens with two attached hydrogens (primary N) is 1. The lowest BCUT2D eigenvalue weighted by molar-refractivity contribution is 0.152. The van der Waals surface area contributed by atoms with Crippen LogP contribution in [0.15, 0.2) is 42.5 Å². The molecule has 5 heteroatoms. The molecule has 0 aliphatic rings. The zero-order chi connectivity index (χ0) is 15.4. The molecule has 0 aliphatic carbocycles. The molecule has 2 rings (SSSR count). The van der Waals surface area contributed by atoms with Crippen LogP contribution in [0.2, 0.25) is 0 Å². The minimum Gasteiger partial charge on any atom is -0.399 e. The van der Waals surface area contributed by atoms with Crippen molar-refractivity contribution in [1.82, 2.24) is 0 Å². The maximum absolute atomic E-state index is 13.1. The molecule has 0 radical (unpaired) electrons. The molecule has 21 heavy (non-hydrogen) atoms. The van der Waals surface area contributed by atoms with Crippen LogP contribution in [0.25, 0.3) is 0 Å². The standard InChI is InChI=1S/C16H15F2N3/c1-21(10-12-4-2-3-11(7-12)9-19)15-6-5-13(20)8-14(15)16(17)18/h2-8,16H,10,20H2,1H3. The molecule has 0 unspecified atom stereocenters. The molecular formula is C16H15F2N3. The molecule has 0 spiro atoms. The fraction of sp³-hybridized carbons (Fsp3) is 0.188. The van der Waals surface area contributed by atoms with Crippen molar-refractivity contribution in [3.8, 4) is 6.07 Å². The number of nitriles is 1. The molecule has 0 heterocycles. The minimum atomic E-state index is -2.59. The number of nitrogen functional groups attached to an aromatic ring is 1. The van der Waals surface area contributed by atoms with Crippen LogP contribution in [0.4, 0.5) is 20.2 Å². The van der Waals surface area contributed by atoms with Gasteiger partial charge < -0.3 is 10.6 Å². The number of hydrogen-bond acceptors (Lipinski definition) is 3. The Hall–Kier alpha value is -2.61. The number of anilines is 2. The lowest BCUT2D eigenvalue weighted by atomic mass is 10.1. The highest BCUT2D eigenvalue weighted by atomic mass is 19.3. The van der Waals surface area contributed by atoms with Crippen LogP contribution in [0.1, 0.15) is 23.1 Å². The predicted molar refractivity (Wildman–Crippen MR) is 79.1 cm³/mol. The highest BCUT2D eigenvalue weighted by Gasteiger charge is 2.16. The Labute approximate surface area is 122 Å². The molecule has 0 fully saturated rings. The molecule has 108 valence electrons. The van der Waals surface area contributed by atoms with E-state index in [1.807, 2.05) is 6.07 Å². The smallest absolute Gasteiger partial charge is 0.265 e. The van der Waals surface area contributed by atoms with E-state index >= 15 is 0 Å². The van der Waals surface area contributed by atoms with Crippen molar-refractivity contribution in [2.24, 2.45) is 0 Å². The Kier molecular flexibility index (Phi) is 4.39. The largest absolute Gasteiger partial charge is 0.399 e. The summed E-state index contributed by atoms with van der Waals surface area (Å²) in [5, 5.41) is 8.88. The predicted octanol–water partition coefficient (Wildman–Crippen LogP) is 3.71. The SMILES string of the molecule is CN(Cc1cccc(C#N)c1)c1ccc(N)cc1C(F)F. The third-order valence-corrected chi connectivity index (χ3v) is 3.17. The first kappa shape index (κ1) is 14.8. The number of benzene rings is 2. The Morgan fingerprint density at radius 3 is 2.67 bits per heavy atom. The Morgan fingerprint density at radius 2 is 2.00 bits per heavy atom. The normalized spacial score (nSPS) is 10.4. The fourth-order valence-corrected chi connectivity index (χ4v) is 2.19. The quantitative estimate of drug-likeness (QED) is 0.872. The zero-order valence-electron chi connectivity index (χ0n) is 11.6. The Bertz CT molecular complexity index is 677. The number of halogens is 2. The van der Waals surface area contributed by atoms with Crippen LogP contribution in [0, 0.1) is 11.3 Å². The van der Waals surface area contributed by atoms with Gasteiger partial charge >= 0.3 is 0 Å². The number of alkyl halides is 2. The van der Waals surface area contributed by atoms with Gasteiger partial charge in [-0.05, 0) is 35.9 Å². The second kappa shape index (κ2) is 6.23. The molecule has 3 nitrogen and oxygen atoms in total. The molecule has 2 aromatic carbocycles. The summed E-state index contributed by atoms with van der Waals surface area (Å²) in [6.07, 6.45) is -2.59. The highest BCUT2D eigenvalue weighted by Crippen LogP contribution is 2.31. The van der Waals surface area contributed by atoms with E-state index in [0.717, 1.165) is 5.56 Å². The van der Waals surface area contributed by atoms with Crippen molar-refractivity contribution >= 4 is 11.4 Å². The first-order valence-corrected chi connectivity index (χ1v) is 6.39. The third kappa shape index (κ3) is 3.48. The van der Waals surface area contributed by atoms with Crippen LogP contribution < -0.4 is 10.6 Å². The lowest BCUT2D eigenvalue weighted by Crippen LogP contribution is -2.18. The van der Waals surface area contributed by atoms with Gasteiger partial charge in [0.15, 0.2) is 0 Å². The summed E-state index contributed by atoms with van der Waals surface area (Å²) < 4.78 is 26.2. The molecule has 0 bridgehead atoms. The van der Waals surface area contributed by atoms with Gasteiger partial charge in [-0.2, -0.15) is 5.26 Å². The van der Waals surface area contributed by atoms with Gasteiger partial charge in [-0.1, -0.05) is 12.1 Å². The third-order valence-electron chi connectivity index (χ3n) is 3.17. The number of rotatable bonds is 4. The van der Waals surface area contributed by atoms with Gasteiger partial charge in [0.05, 0.1) is 11.6 Å². The number of nitrogens with zero attached hydrogens (tertiary/aromatic N) is 2. The van der Waals surface area contributed by atoms with Gasteiger partial charge in [0, 0.05) is 30.5 Å². The van der Waals surface area contributed by atoms with Crippen molar-refractivity contribution in [2.75, 3.05) is 17.7 Å². The average Bonchev–Trinajstić information content (AvgIpc) is 2.47. The van der Waals surface area contributed by atoms with E-state index in [-0.39, 0.29) is 5.56 Å². The molecular weight excluding hydrogens is 272 g/mol. The van der Waals surface area contributed by atoms with E-state index in [1.165, 1.54) is 6.07 Å².